The molecule has 0 aliphatic carbocycles. The summed E-state index contributed by atoms with van der Waals surface area (Å²) >= 11 is 0. The molecule has 3 saturated heterocycles. The predicted molar refractivity (Wildman–Crippen MR) is 126 cm³/mol. The van der Waals surface area contributed by atoms with E-state index in [4.69, 9.17) is 9.47 Å². The van der Waals surface area contributed by atoms with Crippen molar-refractivity contribution in [3.8, 4) is 0 Å². The van der Waals surface area contributed by atoms with Crippen LogP contribution >= 0.6 is 24.0 Å². The molecule has 6 nitrogen and oxygen atoms in total. The number of unbranched alkanes of at least 4 members (excludes halogenated alkanes) is 1. The molecule has 3 fully saturated rings. The SMILES string of the molecule is CN=C(NCCCCN1CCCC1)N1CCC(OCC2CCCCO2)CC1.I. The van der Waals surface area contributed by atoms with E-state index in [9.17, 15) is 0 Å². The van der Waals surface area contributed by atoms with Crippen LogP contribution in [0, 0.1) is 0 Å². The Balaban J connectivity index is 0.00000280. The number of nitrogens with zero attached hydrogens (tertiary/aromatic N) is 3. The van der Waals surface area contributed by atoms with Crippen LogP contribution in [0.3, 0.4) is 0 Å². The van der Waals surface area contributed by atoms with E-state index in [1.165, 1.54) is 58.2 Å². The molecule has 1 N–H and O–H groups in total. The van der Waals surface area contributed by atoms with Gasteiger partial charge in [0.2, 0.25) is 0 Å². The van der Waals surface area contributed by atoms with Crippen molar-refractivity contribution in [3.05, 3.63) is 0 Å². The van der Waals surface area contributed by atoms with Crippen molar-refractivity contribution < 1.29 is 9.47 Å². The van der Waals surface area contributed by atoms with Crippen LogP contribution in [0.25, 0.3) is 0 Å². The first kappa shape index (κ1) is 24.2. The average molecular weight is 508 g/mol. The topological polar surface area (TPSA) is 49.3 Å². The third-order valence-electron chi connectivity index (χ3n) is 6.13. The van der Waals surface area contributed by atoms with Gasteiger partial charge in [0.15, 0.2) is 5.96 Å². The molecule has 0 amide bonds. The van der Waals surface area contributed by atoms with Crippen LogP contribution in [-0.4, -0.2) is 87.5 Å². The zero-order valence-electron chi connectivity index (χ0n) is 17.7. The van der Waals surface area contributed by atoms with Gasteiger partial charge in [-0.3, -0.25) is 4.99 Å². The Morgan fingerprint density at radius 2 is 1.82 bits per heavy atom. The fourth-order valence-electron chi connectivity index (χ4n) is 4.42. The van der Waals surface area contributed by atoms with Gasteiger partial charge in [-0.25, -0.2) is 0 Å². The van der Waals surface area contributed by atoms with Crippen molar-refractivity contribution in [3.63, 3.8) is 0 Å². The number of ether oxygens (including phenoxy) is 2. The average Bonchev–Trinajstić information content (AvgIpc) is 3.24. The lowest BCUT2D eigenvalue weighted by atomic mass is 10.1. The number of nitrogens with one attached hydrogen (secondary N) is 1. The fraction of sp³-hybridized carbons (Fsp3) is 0.952. The second-order valence-corrected chi connectivity index (χ2v) is 8.24. The van der Waals surface area contributed by atoms with Crippen LogP contribution < -0.4 is 5.32 Å². The number of hydrogen-bond donors (Lipinski definition) is 1. The van der Waals surface area contributed by atoms with Gasteiger partial charge in [0.25, 0.3) is 0 Å². The maximum Gasteiger partial charge on any atom is 0.193 e. The molecule has 3 rings (SSSR count). The summed E-state index contributed by atoms with van der Waals surface area (Å²) in [5, 5.41) is 3.56. The minimum absolute atomic E-state index is 0. The molecule has 3 aliphatic heterocycles. The van der Waals surface area contributed by atoms with Crippen molar-refractivity contribution in [2.75, 3.05) is 59.5 Å². The van der Waals surface area contributed by atoms with E-state index in [0.717, 1.165) is 58.1 Å². The first-order chi connectivity index (χ1) is 13.3. The molecule has 3 aliphatic rings. The van der Waals surface area contributed by atoms with E-state index in [0.29, 0.717) is 12.2 Å². The molecule has 28 heavy (non-hydrogen) atoms. The third-order valence-corrected chi connectivity index (χ3v) is 6.13. The quantitative estimate of drug-likeness (QED) is 0.236. The first-order valence-corrected chi connectivity index (χ1v) is 11.3. The van der Waals surface area contributed by atoms with Gasteiger partial charge in [0, 0.05) is 33.3 Å². The Hall–Kier alpha value is -0.120. The molecule has 164 valence electrons. The van der Waals surface area contributed by atoms with Gasteiger partial charge < -0.3 is 24.6 Å². The normalized spacial score (nSPS) is 25.0. The highest BCUT2D eigenvalue weighted by molar-refractivity contribution is 14.0. The van der Waals surface area contributed by atoms with E-state index in [1.54, 1.807) is 0 Å². The van der Waals surface area contributed by atoms with E-state index in [1.807, 2.05) is 7.05 Å². The molecule has 0 aromatic heterocycles. The van der Waals surface area contributed by atoms with E-state index in [2.05, 4.69) is 20.1 Å². The van der Waals surface area contributed by atoms with E-state index < -0.39 is 0 Å². The van der Waals surface area contributed by atoms with Crippen molar-refractivity contribution in [2.45, 2.75) is 70.0 Å². The Morgan fingerprint density at radius 1 is 1.04 bits per heavy atom. The molecule has 0 saturated carbocycles. The summed E-state index contributed by atoms with van der Waals surface area (Å²) in [5.41, 5.74) is 0. The minimum Gasteiger partial charge on any atom is -0.376 e. The molecule has 0 bridgehead atoms. The van der Waals surface area contributed by atoms with Gasteiger partial charge in [-0.1, -0.05) is 0 Å². The van der Waals surface area contributed by atoms with Gasteiger partial charge in [-0.05, 0) is 77.4 Å². The Bertz CT molecular complexity index is 432. The molecule has 3 heterocycles. The second kappa shape index (κ2) is 14.0. The molecule has 0 radical (unpaired) electrons. The Morgan fingerprint density at radius 3 is 2.50 bits per heavy atom. The fourth-order valence-corrected chi connectivity index (χ4v) is 4.42. The van der Waals surface area contributed by atoms with Crippen molar-refractivity contribution in [1.82, 2.24) is 15.1 Å². The number of likely N-dealkylation sites (tertiary alicyclic amines) is 2. The molecule has 0 spiro atoms. The zero-order chi connectivity index (χ0) is 18.7. The van der Waals surface area contributed by atoms with Crippen LogP contribution in [0.4, 0.5) is 0 Å². The highest BCUT2D eigenvalue weighted by atomic mass is 127. The highest BCUT2D eigenvalue weighted by Gasteiger charge is 2.23. The Kier molecular flexibility index (Phi) is 12.1. The van der Waals surface area contributed by atoms with Crippen LogP contribution in [0.2, 0.25) is 0 Å². The van der Waals surface area contributed by atoms with Gasteiger partial charge in [-0.15, -0.1) is 24.0 Å². The number of rotatable bonds is 8. The number of piperidine rings is 1. The van der Waals surface area contributed by atoms with Crippen molar-refractivity contribution in [1.29, 1.82) is 0 Å². The predicted octanol–water partition coefficient (Wildman–Crippen LogP) is 3.11. The highest BCUT2D eigenvalue weighted by Crippen LogP contribution is 2.18. The van der Waals surface area contributed by atoms with Crippen LogP contribution in [0.1, 0.15) is 57.8 Å². The lowest BCUT2D eigenvalue weighted by Crippen LogP contribution is -2.47. The summed E-state index contributed by atoms with van der Waals surface area (Å²) in [6.45, 7) is 8.64. The Labute approximate surface area is 188 Å². The number of aliphatic imine (C=N–C) groups is 1. The molecule has 1 atom stereocenters. The number of halogens is 1. The standard InChI is InChI=1S/C21H40N4O2.HI/c1-22-21(23-11-3-4-12-24-13-5-6-14-24)25-15-9-19(10-16-25)27-18-20-8-2-7-17-26-20;/h19-20H,2-18H2,1H3,(H,22,23);1H. The van der Waals surface area contributed by atoms with Gasteiger partial charge in [-0.2, -0.15) is 0 Å². The smallest absolute Gasteiger partial charge is 0.193 e. The third kappa shape index (κ3) is 8.32. The van der Waals surface area contributed by atoms with Gasteiger partial charge in [0.1, 0.15) is 0 Å². The van der Waals surface area contributed by atoms with Crippen LogP contribution in [0.15, 0.2) is 4.99 Å². The minimum atomic E-state index is 0. The summed E-state index contributed by atoms with van der Waals surface area (Å²) in [4.78, 5) is 9.47. The summed E-state index contributed by atoms with van der Waals surface area (Å²) < 4.78 is 11.9. The summed E-state index contributed by atoms with van der Waals surface area (Å²) in [7, 11) is 1.90. The molecule has 0 aromatic rings. The summed E-state index contributed by atoms with van der Waals surface area (Å²) in [6, 6.07) is 0. The van der Waals surface area contributed by atoms with Crippen LogP contribution in [-0.2, 0) is 9.47 Å². The van der Waals surface area contributed by atoms with Crippen LogP contribution in [0.5, 0.6) is 0 Å². The monoisotopic (exact) mass is 508 g/mol. The van der Waals surface area contributed by atoms with E-state index >= 15 is 0 Å². The molecule has 0 aromatic carbocycles. The van der Waals surface area contributed by atoms with Crippen molar-refractivity contribution in [2.24, 2.45) is 4.99 Å². The van der Waals surface area contributed by atoms with E-state index in [-0.39, 0.29) is 24.0 Å². The number of hydrogen-bond acceptors (Lipinski definition) is 4. The number of guanidine groups is 1. The molecular weight excluding hydrogens is 467 g/mol. The maximum atomic E-state index is 6.13. The molecule has 1 unspecified atom stereocenters. The van der Waals surface area contributed by atoms with Crippen molar-refractivity contribution >= 4 is 29.9 Å². The summed E-state index contributed by atoms with van der Waals surface area (Å²) in [6.07, 6.45) is 11.8. The molecule has 7 heteroatoms. The maximum absolute atomic E-state index is 6.13. The van der Waals surface area contributed by atoms with Gasteiger partial charge >= 0.3 is 0 Å². The largest absolute Gasteiger partial charge is 0.376 e. The summed E-state index contributed by atoms with van der Waals surface area (Å²) in [5.74, 6) is 1.06. The van der Waals surface area contributed by atoms with Gasteiger partial charge in [0.05, 0.1) is 18.8 Å². The second-order valence-electron chi connectivity index (χ2n) is 8.24. The lowest BCUT2D eigenvalue weighted by Gasteiger charge is -2.35. The zero-order valence-corrected chi connectivity index (χ0v) is 20.1. The lowest BCUT2D eigenvalue weighted by molar-refractivity contribution is -0.0721. The molecular formula is C21H41IN4O2. The first-order valence-electron chi connectivity index (χ1n) is 11.3.